The van der Waals surface area contributed by atoms with E-state index in [1.54, 1.807) is 18.2 Å². The van der Waals surface area contributed by atoms with Crippen molar-refractivity contribution < 1.29 is 4.79 Å². The van der Waals surface area contributed by atoms with Crippen LogP contribution in [0.2, 0.25) is 0 Å². The molecule has 1 amide bonds. The lowest BCUT2D eigenvalue weighted by molar-refractivity contribution is -0.125. The number of fused-ring (bicyclic) bond motifs is 4. The van der Waals surface area contributed by atoms with Crippen molar-refractivity contribution in [2.45, 2.75) is 12.0 Å². The lowest BCUT2D eigenvalue weighted by Gasteiger charge is -2.51. The second kappa shape index (κ2) is 7.85. The molecule has 1 spiro atoms. The fourth-order valence-electron chi connectivity index (χ4n) is 5.69. The number of nitrogens with one attached hydrogen (secondary N) is 1. The summed E-state index contributed by atoms with van der Waals surface area (Å²) < 4.78 is 0.711. The fraction of sp³-hybridized carbons (Fsp3) is 0.231. The number of nitrogens with two attached hydrogens (primary N) is 1. The van der Waals surface area contributed by atoms with E-state index in [4.69, 9.17) is 5.73 Å². The van der Waals surface area contributed by atoms with Crippen LogP contribution in [0.1, 0.15) is 11.1 Å². The molecule has 0 saturated heterocycles. The normalized spacial score (nSPS) is 24.8. The molecule has 0 unspecified atom stereocenters. The molecule has 5 rings (SSSR count). The smallest absolute Gasteiger partial charge is 0.238 e. The van der Waals surface area contributed by atoms with Crippen molar-refractivity contribution >= 4 is 27.5 Å². The Hall–Kier alpha value is -3.90. The summed E-state index contributed by atoms with van der Waals surface area (Å²) in [6.45, 7) is 1.55. The molecule has 2 aromatic rings. The number of hydrogen-bond donors (Lipinski definition) is 2. The molecule has 0 bridgehead atoms. The molecule has 166 valence electrons. The van der Waals surface area contributed by atoms with Gasteiger partial charge in [0.25, 0.3) is 0 Å². The van der Waals surface area contributed by atoms with E-state index in [-0.39, 0.29) is 11.3 Å². The Kier molecular flexibility index (Phi) is 5.06. The minimum Gasteiger partial charge on any atom is -0.399 e. The van der Waals surface area contributed by atoms with Gasteiger partial charge in [-0.1, -0.05) is 52.3 Å². The molecule has 7 nitrogen and oxygen atoms in total. The molecule has 34 heavy (non-hydrogen) atoms. The zero-order valence-corrected chi connectivity index (χ0v) is 19.6. The van der Waals surface area contributed by atoms with Crippen molar-refractivity contribution in [3.05, 3.63) is 87.0 Å². The summed E-state index contributed by atoms with van der Waals surface area (Å²) in [5.74, 6) is -1.08. The number of carbonyl (C=O) groups is 1. The molecular formula is C26H19BrN6O. The van der Waals surface area contributed by atoms with Crippen LogP contribution in [0, 0.1) is 45.3 Å². The Labute approximate surface area is 205 Å². The number of halogens is 1. The highest BCUT2D eigenvalue weighted by Gasteiger charge is 2.71. The molecule has 2 atom stereocenters. The van der Waals surface area contributed by atoms with Crippen LogP contribution in [0.4, 0.5) is 5.69 Å². The van der Waals surface area contributed by atoms with Gasteiger partial charge in [0.1, 0.15) is 11.5 Å². The minimum absolute atomic E-state index is 0.120. The molecule has 8 heteroatoms. The number of rotatable bonds is 2. The summed E-state index contributed by atoms with van der Waals surface area (Å²) in [6.07, 6.45) is 1.91. The number of carbonyl (C=O) groups excluding carboxylic acids is 1. The third kappa shape index (κ3) is 2.72. The average molecular weight is 511 g/mol. The van der Waals surface area contributed by atoms with Crippen LogP contribution in [-0.4, -0.2) is 23.9 Å². The number of allylic oxidation sites excluding steroid dienone is 2. The number of amides is 1. The minimum atomic E-state index is -2.05. The molecule has 0 fully saturated rings. The van der Waals surface area contributed by atoms with Crippen LogP contribution >= 0.6 is 15.9 Å². The lowest BCUT2D eigenvalue weighted by Crippen LogP contribution is -2.62. The highest BCUT2D eigenvalue weighted by molar-refractivity contribution is 9.10. The average Bonchev–Trinajstić information content (AvgIpc) is 3.13. The Morgan fingerprint density at radius 1 is 1.15 bits per heavy atom. The third-order valence-electron chi connectivity index (χ3n) is 7.17. The molecule has 0 radical (unpaired) electrons. The second-order valence-corrected chi connectivity index (χ2v) is 9.63. The zero-order valence-electron chi connectivity index (χ0n) is 18.0. The first-order valence-corrected chi connectivity index (χ1v) is 11.5. The van der Waals surface area contributed by atoms with Gasteiger partial charge in [-0.15, -0.1) is 0 Å². The van der Waals surface area contributed by atoms with Gasteiger partial charge < -0.3 is 11.1 Å². The summed E-state index contributed by atoms with van der Waals surface area (Å²) in [6, 6.07) is 21.5. The Balaban J connectivity index is 1.78. The first-order chi connectivity index (χ1) is 16.4. The van der Waals surface area contributed by atoms with Gasteiger partial charge in [0.05, 0.1) is 23.4 Å². The van der Waals surface area contributed by atoms with Crippen LogP contribution in [0.5, 0.6) is 0 Å². The van der Waals surface area contributed by atoms with E-state index >= 15 is 0 Å². The van der Waals surface area contributed by atoms with Gasteiger partial charge in [0, 0.05) is 35.7 Å². The van der Waals surface area contributed by atoms with Crippen LogP contribution in [0.25, 0.3) is 0 Å². The van der Waals surface area contributed by atoms with Gasteiger partial charge in [-0.25, -0.2) is 0 Å². The van der Waals surface area contributed by atoms with Gasteiger partial charge in [-0.05, 0) is 34.9 Å². The number of benzene rings is 2. The SMILES string of the molecule is N#CC1=C(N)C(C#N)(C#N)[C@]2(C(=O)Nc3ccc(Br)cc32)[C@H]2CN(Cc3ccccc3)CC=C12. The molecule has 2 aliphatic heterocycles. The number of nitrogens with zero attached hydrogens (tertiary/aromatic N) is 4. The van der Waals surface area contributed by atoms with Gasteiger partial charge in [-0.2, -0.15) is 15.8 Å². The molecule has 2 heterocycles. The number of hydrogen-bond acceptors (Lipinski definition) is 6. The highest BCUT2D eigenvalue weighted by atomic mass is 79.9. The van der Waals surface area contributed by atoms with Crippen molar-refractivity contribution in [3.8, 4) is 18.2 Å². The standard InChI is InChI=1S/C26H19BrN6O/c27-17-6-7-22-20(10-17)26(24(34)32-22)21-13-33(12-16-4-2-1-3-5-16)9-8-18(21)19(11-28)23(31)25(26,14-29)15-30/h1-8,10,21H,9,12-13,31H2,(H,32,34)/t21-,26-/m0/s1. The molecule has 0 saturated carbocycles. The van der Waals surface area contributed by atoms with E-state index in [2.05, 4.69) is 44.4 Å². The van der Waals surface area contributed by atoms with E-state index in [1.807, 2.05) is 36.4 Å². The maximum absolute atomic E-state index is 13.9. The second-order valence-electron chi connectivity index (χ2n) is 8.72. The van der Waals surface area contributed by atoms with Crippen LogP contribution in [0.15, 0.2) is 75.9 Å². The third-order valence-corrected chi connectivity index (χ3v) is 7.66. The van der Waals surface area contributed by atoms with E-state index in [1.165, 1.54) is 0 Å². The van der Waals surface area contributed by atoms with Gasteiger partial charge in [0.15, 0.2) is 0 Å². The molecule has 2 aromatic carbocycles. The quantitative estimate of drug-likeness (QED) is 0.635. The predicted octanol–water partition coefficient (Wildman–Crippen LogP) is 3.48. The lowest BCUT2D eigenvalue weighted by atomic mass is 9.48. The van der Waals surface area contributed by atoms with Gasteiger partial charge >= 0.3 is 0 Å². The Morgan fingerprint density at radius 3 is 2.56 bits per heavy atom. The van der Waals surface area contributed by atoms with Crippen molar-refractivity contribution in [2.75, 3.05) is 18.4 Å². The fourth-order valence-corrected chi connectivity index (χ4v) is 6.06. The number of nitriles is 3. The van der Waals surface area contributed by atoms with E-state index in [9.17, 15) is 20.6 Å². The largest absolute Gasteiger partial charge is 0.399 e. The van der Waals surface area contributed by atoms with Gasteiger partial charge in [0.2, 0.25) is 11.3 Å². The van der Waals surface area contributed by atoms with Crippen molar-refractivity contribution in [1.29, 1.82) is 15.8 Å². The van der Waals surface area contributed by atoms with E-state index < -0.39 is 22.7 Å². The maximum Gasteiger partial charge on any atom is 0.238 e. The zero-order chi connectivity index (χ0) is 24.1. The van der Waals surface area contributed by atoms with E-state index in [0.29, 0.717) is 40.9 Å². The summed E-state index contributed by atoms with van der Waals surface area (Å²) in [7, 11) is 0. The molecule has 1 aliphatic carbocycles. The molecular weight excluding hydrogens is 492 g/mol. The van der Waals surface area contributed by atoms with Crippen molar-refractivity contribution in [1.82, 2.24) is 4.90 Å². The Morgan fingerprint density at radius 2 is 1.88 bits per heavy atom. The summed E-state index contributed by atoms with van der Waals surface area (Å²) >= 11 is 3.48. The summed E-state index contributed by atoms with van der Waals surface area (Å²) in [5.41, 5.74) is 5.52. The molecule has 3 aliphatic rings. The Bertz CT molecular complexity index is 1390. The molecule has 3 N–H and O–H groups in total. The monoisotopic (exact) mass is 510 g/mol. The number of anilines is 1. The summed E-state index contributed by atoms with van der Waals surface area (Å²) in [5, 5.41) is 33.8. The maximum atomic E-state index is 13.9. The predicted molar refractivity (Wildman–Crippen MR) is 128 cm³/mol. The van der Waals surface area contributed by atoms with Gasteiger partial charge in [-0.3, -0.25) is 9.69 Å². The van der Waals surface area contributed by atoms with Crippen LogP contribution < -0.4 is 11.1 Å². The highest BCUT2D eigenvalue weighted by Crippen LogP contribution is 2.62. The van der Waals surface area contributed by atoms with Crippen molar-refractivity contribution in [3.63, 3.8) is 0 Å². The van der Waals surface area contributed by atoms with Crippen LogP contribution in [-0.2, 0) is 16.8 Å². The topological polar surface area (TPSA) is 130 Å². The van der Waals surface area contributed by atoms with Crippen molar-refractivity contribution in [2.24, 2.45) is 17.1 Å². The van der Waals surface area contributed by atoms with Crippen LogP contribution in [0.3, 0.4) is 0 Å². The van der Waals surface area contributed by atoms with E-state index in [0.717, 1.165) is 5.56 Å². The molecule has 0 aromatic heterocycles. The first kappa shape index (κ1) is 21.9. The first-order valence-electron chi connectivity index (χ1n) is 10.7. The summed E-state index contributed by atoms with van der Waals surface area (Å²) in [4.78, 5) is 16.0.